The SMILES string of the molecule is CNCCNCCN1CCC[C@@H](C)C1. The van der Waals surface area contributed by atoms with Gasteiger partial charge < -0.3 is 15.5 Å². The van der Waals surface area contributed by atoms with E-state index in [1.54, 1.807) is 0 Å². The second kappa shape index (κ2) is 7.21. The lowest BCUT2D eigenvalue weighted by Gasteiger charge is -2.30. The van der Waals surface area contributed by atoms with Crippen molar-refractivity contribution in [1.82, 2.24) is 15.5 Å². The van der Waals surface area contributed by atoms with Crippen LogP contribution in [0.1, 0.15) is 19.8 Å². The van der Waals surface area contributed by atoms with E-state index in [1.165, 1.54) is 32.5 Å². The molecule has 1 atom stereocenters. The second-order valence-electron chi connectivity index (χ2n) is 4.40. The van der Waals surface area contributed by atoms with Crippen LogP contribution in [0.2, 0.25) is 0 Å². The van der Waals surface area contributed by atoms with Crippen LogP contribution in [0, 0.1) is 5.92 Å². The summed E-state index contributed by atoms with van der Waals surface area (Å²) in [6, 6.07) is 0. The summed E-state index contributed by atoms with van der Waals surface area (Å²) in [4.78, 5) is 2.58. The third-order valence-corrected chi connectivity index (χ3v) is 2.90. The number of likely N-dealkylation sites (N-methyl/N-ethyl adjacent to an activating group) is 1. The van der Waals surface area contributed by atoms with Crippen molar-refractivity contribution in [2.45, 2.75) is 19.8 Å². The first kappa shape index (κ1) is 12.0. The molecule has 1 aliphatic rings. The van der Waals surface area contributed by atoms with Gasteiger partial charge in [-0.25, -0.2) is 0 Å². The zero-order chi connectivity index (χ0) is 10.2. The highest BCUT2D eigenvalue weighted by molar-refractivity contribution is 4.70. The van der Waals surface area contributed by atoms with Gasteiger partial charge in [0.2, 0.25) is 0 Å². The normalized spacial score (nSPS) is 24.0. The Kier molecular flexibility index (Phi) is 6.15. The van der Waals surface area contributed by atoms with Gasteiger partial charge in [0.1, 0.15) is 0 Å². The Morgan fingerprint density at radius 1 is 1.29 bits per heavy atom. The lowest BCUT2D eigenvalue weighted by molar-refractivity contribution is 0.185. The molecule has 0 unspecified atom stereocenters. The molecule has 2 N–H and O–H groups in total. The number of hydrogen-bond acceptors (Lipinski definition) is 3. The van der Waals surface area contributed by atoms with Crippen molar-refractivity contribution in [2.24, 2.45) is 5.92 Å². The number of nitrogens with one attached hydrogen (secondary N) is 2. The van der Waals surface area contributed by atoms with E-state index in [0.717, 1.165) is 25.6 Å². The largest absolute Gasteiger partial charge is 0.318 e. The predicted octanol–water partition coefficient (Wildman–Crippen LogP) is 0.527. The summed E-state index contributed by atoms with van der Waals surface area (Å²) in [5.74, 6) is 0.904. The first-order valence-electron chi connectivity index (χ1n) is 5.90. The fourth-order valence-electron chi connectivity index (χ4n) is 2.07. The van der Waals surface area contributed by atoms with E-state index in [9.17, 15) is 0 Å². The molecule has 0 aromatic heterocycles. The van der Waals surface area contributed by atoms with Crippen LogP contribution >= 0.6 is 0 Å². The quantitative estimate of drug-likeness (QED) is 0.611. The van der Waals surface area contributed by atoms with Crippen molar-refractivity contribution in [3.8, 4) is 0 Å². The van der Waals surface area contributed by atoms with Crippen LogP contribution in [0.15, 0.2) is 0 Å². The van der Waals surface area contributed by atoms with Gasteiger partial charge in [-0.15, -0.1) is 0 Å². The van der Waals surface area contributed by atoms with Crippen molar-refractivity contribution < 1.29 is 0 Å². The summed E-state index contributed by atoms with van der Waals surface area (Å²) in [6.45, 7) is 9.46. The fraction of sp³-hybridized carbons (Fsp3) is 1.00. The van der Waals surface area contributed by atoms with E-state index >= 15 is 0 Å². The van der Waals surface area contributed by atoms with Crippen LogP contribution in [-0.4, -0.2) is 51.2 Å². The smallest absolute Gasteiger partial charge is 0.0107 e. The van der Waals surface area contributed by atoms with Crippen LogP contribution < -0.4 is 10.6 Å². The molecule has 0 aromatic rings. The molecule has 1 heterocycles. The summed E-state index contributed by atoms with van der Waals surface area (Å²) < 4.78 is 0. The summed E-state index contributed by atoms with van der Waals surface area (Å²) in [5, 5.41) is 6.58. The molecule has 0 radical (unpaired) electrons. The fourth-order valence-corrected chi connectivity index (χ4v) is 2.07. The molecular weight excluding hydrogens is 174 g/mol. The van der Waals surface area contributed by atoms with Crippen molar-refractivity contribution >= 4 is 0 Å². The Morgan fingerprint density at radius 2 is 2.14 bits per heavy atom. The van der Waals surface area contributed by atoms with Gasteiger partial charge in [0.25, 0.3) is 0 Å². The van der Waals surface area contributed by atoms with Crippen molar-refractivity contribution in [2.75, 3.05) is 46.3 Å². The number of hydrogen-bond donors (Lipinski definition) is 2. The van der Waals surface area contributed by atoms with Crippen LogP contribution in [0.4, 0.5) is 0 Å². The molecule has 1 aliphatic heterocycles. The topological polar surface area (TPSA) is 27.3 Å². The highest BCUT2D eigenvalue weighted by Gasteiger charge is 2.14. The molecule has 0 aromatic carbocycles. The van der Waals surface area contributed by atoms with Gasteiger partial charge >= 0.3 is 0 Å². The van der Waals surface area contributed by atoms with E-state index in [-0.39, 0.29) is 0 Å². The maximum atomic E-state index is 3.44. The average molecular weight is 199 g/mol. The van der Waals surface area contributed by atoms with Gasteiger partial charge in [-0.2, -0.15) is 0 Å². The lowest BCUT2D eigenvalue weighted by atomic mass is 10.0. The van der Waals surface area contributed by atoms with E-state index in [2.05, 4.69) is 22.5 Å². The molecule has 1 rings (SSSR count). The monoisotopic (exact) mass is 199 g/mol. The van der Waals surface area contributed by atoms with E-state index < -0.39 is 0 Å². The Morgan fingerprint density at radius 3 is 2.86 bits per heavy atom. The molecule has 0 spiro atoms. The third-order valence-electron chi connectivity index (χ3n) is 2.90. The predicted molar refractivity (Wildman–Crippen MR) is 61.6 cm³/mol. The Bertz CT molecular complexity index is 138. The summed E-state index contributed by atoms with van der Waals surface area (Å²) in [5.41, 5.74) is 0. The second-order valence-corrected chi connectivity index (χ2v) is 4.40. The maximum Gasteiger partial charge on any atom is 0.0107 e. The van der Waals surface area contributed by atoms with Crippen molar-refractivity contribution in [1.29, 1.82) is 0 Å². The van der Waals surface area contributed by atoms with Gasteiger partial charge in [0, 0.05) is 32.7 Å². The standard InChI is InChI=1S/C11H25N3/c1-11-4-3-8-14(10-11)9-7-13-6-5-12-2/h11-13H,3-10H2,1-2H3/t11-/m1/s1. The molecule has 0 saturated carbocycles. The summed E-state index contributed by atoms with van der Waals surface area (Å²) >= 11 is 0. The van der Waals surface area contributed by atoms with Gasteiger partial charge in [-0.1, -0.05) is 6.92 Å². The lowest BCUT2D eigenvalue weighted by Crippen LogP contribution is -2.39. The van der Waals surface area contributed by atoms with E-state index in [4.69, 9.17) is 0 Å². The number of rotatable bonds is 6. The van der Waals surface area contributed by atoms with Crippen molar-refractivity contribution in [3.05, 3.63) is 0 Å². The minimum atomic E-state index is 0.904. The zero-order valence-corrected chi connectivity index (χ0v) is 9.68. The van der Waals surface area contributed by atoms with E-state index in [1.807, 2.05) is 7.05 Å². The third kappa shape index (κ3) is 4.94. The minimum absolute atomic E-state index is 0.904. The van der Waals surface area contributed by atoms with Gasteiger partial charge in [-0.3, -0.25) is 0 Å². The Balaban J connectivity index is 1.95. The molecular formula is C11H25N3. The van der Waals surface area contributed by atoms with Crippen LogP contribution in [0.3, 0.4) is 0 Å². The van der Waals surface area contributed by atoms with E-state index in [0.29, 0.717) is 0 Å². The molecule has 84 valence electrons. The Hall–Kier alpha value is -0.120. The summed E-state index contributed by atoms with van der Waals surface area (Å²) in [6.07, 6.45) is 2.81. The highest BCUT2D eigenvalue weighted by atomic mass is 15.1. The molecule has 3 nitrogen and oxygen atoms in total. The average Bonchev–Trinajstić information content (AvgIpc) is 2.18. The summed E-state index contributed by atoms with van der Waals surface area (Å²) in [7, 11) is 1.99. The van der Waals surface area contributed by atoms with Crippen LogP contribution in [0.25, 0.3) is 0 Å². The van der Waals surface area contributed by atoms with Crippen molar-refractivity contribution in [3.63, 3.8) is 0 Å². The molecule has 14 heavy (non-hydrogen) atoms. The van der Waals surface area contributed by atoms with Crippen LogP contribution in [0.5, 0.6) is 0 Å². The van der Waals surface area contributed by atoms with Crippen LogP contribution in [-0.2, 0) is 0 Å². The van der Waals surface area contributed by atoms with Gasteiger partial charge in [0.05, 0.1) is 0 Å². The Labute approximate surface area is 88.2 Å². The molecule has 0 amide bonds. The maximum absolute atomic E-state index is 3.44. The van der Waals surface area contributed by atoms with Gasteiger partial charge in [-0.05, 0) is 32.4 Å². The molecule has 1 fully saturated rings. The minimum Gasteiger partial charge on any atom is -0.318 e. The zero-order valence-electron chi connectivity index (χ0n) is 9.68. The molecule has 0 aliphatic carbocycles. The number of piperidine rings is 1. The molecule has 3 heteroatoms. The first-order chi connectivity index (χ1) is 6.83. The van der Waals surface area contributed by atoms with Gasteiger partial charge in [0.15, 0.2) is 0 Å². The number of nitrogens with zero attached hydrogens (tertiary/aromatic N) is 1. The highest BCUT2D eigenvalue weighted by Crippen LogP contribution is 2.14. The first-order valence-corrected chi connectivity index (χ1v) is 5.90. The number of likely N-dealkylation sites (tertiary alicyclic amines) is 1. The molecule has 1 saturated heterocycles. The molecule has 0 bridgehead atoms.